The zero-order chi connectivity index (χ0) is 23.6. The number of ether oxygens (including phenoxy) is 2. The Bertz CT molecular complexity index is 1400. The van der Waals surface area contributed by atoms with Gasteiger partial charge in [0.15, 0.2) is 17.2 Å². The van der Waals surface area contributed by atoms with Gasteiger partial charge >= 0.3 is 0 Å². The first-order valence-electron chi connectivity index (χ1n) is 10.1. The fourth-order valence-electron chi connectivity index (χ4n) is 3.40. The van der Waals surface area contributed by atoms with Gasteiger partial charge in [0, 0.05) is 24.0 Å². The van der Waals surface area contributed by atoms with Crippen LogP contribution in [0.1, 0.15) is 23.7 Å². The van der Waals surface area contributed by atoms with Gasteiger partial charge in [-0.05, 0) is 30.2 Å². The number of hydrogen-bond acceptors (Lipinski definition) is 9. The molecule has 34 heavy (non-hydrogen) atoms. The predicted octanol–water partition coefficient (Wildman–Crippen LogP) is 2.73. The first-order valence-corrected chi connectivity index (χ1v) is 11.6. The molecule has 0 saturated heterocycles. The van der Waals surface area contributed by atoms with E-state index in [1.165, 1.54) is 26.5 Å². The van der Waals surface area contributed by atoms with Gasteiger partial charge in [0.25, 0.3) is 10.0 Å². The van der Waals surface area contributed by atoms with E-state index in [2.05, 4.69) is 20.0 Å². The number of anilines is 1. The average molecular weight is 509 g/mol. The molecule has 11 nitrogen and oxygen atoms in total. The van der Waals surface area contributed by atoms with Crippen LogP contribution in [0.4, 0.5) is 5.82 Å². The summed E-state index contributed by atoms with van der Waals surface area (Å²) in [5.74, 6) is 0.538. The van der Waals surface area contributed by atoms with Crippen molar-refractivity contribution in [1.82, 2.24) is 19.9 Å². The number of rotatable bonds is 9. The predicted molar refractivity (Wildman–Crippen MR) is 128 cm³/mol. The van der Waals surface area contributed by atoms with Gasteiger partial charge in [0.1, 0.15) is 16.0 Å². The first kappa shape index (κ1) is 25.3. The summed E-state index contributed by atoms with van der Waals surface area (Å²) in [6.07, 6.45) is 5.50. The highest BCUT2D eigenvalue weighted by molar-refractivity contribution is 7.92. The van der Waals surface area contributed by atoms with Gasteiger partial charge in [-0.15, -0.1) is 12.4 Å². The molecule has 3 aromatic heterocycles. The molecule has 0 aliphatic rings. The molecule has 182 valence electrons. The van der Waals surface area contributed by atoms with Gasteiger partial charge in [0.05, 0.1) is 33.2 Å². The molecule has 0 atom stereocenters. The van der Waals surface area contributed by atoms with E-state index in [0.717, 1.165) is 11.1 Å². The fraction of sp³-hybridized carbons (Fsp3) is 0.286. The van der Waals surface area contributed by atoms with E-state index >= 15 is 0 Å². The molecule has 3 N–H and O–H groups in total. The van der Waals surface area contributed by atoms with Crippen LogP contribution in [-0.4, -0.2) is 42.6 Å². The maximum absolute atomic E-state index is 13.2. The Kier molecular flexibility index (Phi) is 7.64. The molecular formula is C21H25ClN6O5S. The molecule has 13 heteroatoms. The number of nitrogens with two attached hydrogens (primary N) is 1. The second kappa shape index (κ2) is 10.3. The summed E-state index contributed by atoms with van der Waals surface area (Å²) in [7, 11) is -1.18. The highest BCUT2D eigenvalue weighted by Gasteiger charge is 2.25. The molecule has 0 amide bonds. The summed E-state index contributed by atoms with van der Waals surface area (Å²) in [4.78, 5) is 4.14. The monoisotopic (exact) mass is 508 g/mol. The molecule has 0 bridgehead atoms. The van der Waals surface area contributed by atoms with Gasteiger partial charge < -0.3 is 19.7 Å². The fourth-order valence-corrected chi connectivity index (χ4v) is 4.60. The number of fused-ring (bicyclic) bond motifs is 1. The highest BCUT2D eigenvalue weighted by Crippen LogP contribution is 2.35. The quantitative estimate of drug-likeness (QED) is 0.348. The lowest BCUT2D eigenvalue weighted by Gasteiger charge is -2.12. The molecule has 1 aromatic carbocycles. The maximum atomic E-state index is 13.2. The van der Waals surface area contributed by atoms with Gasteiger partial charge in [-0.3, -0.25) is 14.4 Å². The van der Waals surface area contributed by atoms with Crippen molar-refractivity contribution in [2.24, 2.45) is 5.73 Å². The van der Waals surface area contributed by atoms with Crippen molar-refractivity contribution in [2.45, 2.75) is 31.3 Å². The first-order chi connectivity index (χ1) is 15.9. The topological polar surface area (TPSA) is 147 Å². The third-order valence-corrected chi connectivity index (χ3v) is 6.44. The van der Waals surface area contributed by atoms with Crippen LogP contribution in [0.5, 0.6) is 11.5 Å². The highest BCUT2D eigenvalue weighted by atomic mass is 35.5. The maximum Gasteiger partial charge on any atom is 0.266 e. The summed E-state index contributed by atoms with van der Waals surface area (Å²) in [6.45, 7) is 2.73. The lowest BCUT2D eigenvalue weighted by atomic mass is 10.1. The van der Waals surface area contributed by atoms with Crippen molar-refractivity contribution < 1.29 is 22.4 Å². The molecule has 0 spiro atoms. The average Bonchev–Trinajstić information content (AvgIpc) is 3.44. The third-order valence-electron chi connectivity index (χ3n) is 5.08. The summed E-state index contributed by atoms with van der Waals surface area (Å²) in [6, 6.07) is 5.01. The van der Waals surface area contributed by atoms with Crippen LogP contribution in [0.2, 0.25) is 0 Å². The largest absolute Gasteiger partial charge is 0.496 e. The minimum Gasteiger partial charge on any atom is -0.496 e. The van der Waals surface area contributed by atoms with E-state index in [0.29, 0.717) is 41.9 Å². The Morgan fingerprint density at radius 3 is 2.53 bits per heavy atom. The second-order valence-electron chi connectivity index (χ2n) is 7.24. The van der Waals surface area contributed by atoms with Crippen LogP contribution in [0, 0.1) is 0 Å². The summed E-state index contributed by atoms with van der Waals surface area (Å²) >= 11 is 0. The van der Waals surface area contributed by atoms with Crippen molar-refractivity contribution in [3.8, 4) is 11.5 Å². The molecule has 4 rings (SSSR count). The van der Waals surface area contributed by atoms with Crippen molar-refractivity contribution in [3.63, 3.8) is 0 Å². The number of methoxy groups -OCH3 is 2. The van der Waals surface area contributed by atoms with Crippen LogP contribution in [0.3, 0.4) is 0 Å². The summed E-state index contributed by atoms with van der Waals surface area (Å²) < 4.78 is 46.7. The van der Waals surface area contributed by atoms with Gasteiger partial charge in [-0.2, -0.15) is 5.10 Å². The van der Waals surface area contributed by atoms with Crippen LogP contribution in [0.25, 0.3) is 11.0 Å². The molecular weight excluding hydrogens is 484 g/mol. The van der Waals surface area contributed by atoms with Gasteiger partial charge in [-0.1, -0.05) is 12.1 Å². The lowest BCUT2D eigenvalue weighted by Crippen LogP contribution is -2.15. The minimum atomic E-state index is -4.05. The smallest absolute Gasteiger partial charge is 0.266 e. The van der Waals surface area contributed by atoms with E-state index in [-0.39, 0.29) is 28.9 Å². The van der Waals surface area contributed by atoms with Crippen molar-refractivity contribution in [1.29, 1.82) is 0 Å². The lowest BCUT2D eigenvalue weighted by molar-refractivity contribution is 0.400. The minimum absolute atomic E-state index is 0. The van der Waals surface area contributed by atoms with E-state index in [9.17, 15) is 8.42 Å². The zero-order valence-electron chi connectivity index (χ0n) is 18.8. The Labute approximate surface area is 202 Å². The number of aryl methyl sites for hydroxylation is 1. The zero-order valence-corrected chi connectivity index (χ0v) is 20.4. The molecule has 0 saturated carbocycles. The van der Waals surface area contributed by atoms with E-state index in [4.69, 9.17) is 19.7 Å². The number of benzene rings is 1. The molecule has 0 aliphatic heterocycles. The van der Waals surface area contributed by atoms with Crippen LogP contribution in [-0.2, 0) is 29.5 Å². The number of halogens is 1. The Morgan fingerprint density at radius 2 is 1.88 bits per heavy atom. The Morgan fingerprint density at radius 1 is 1.12 bits per heavy atom. The number of pyridine rings is 1. The van der Waals surface area contributed by atoms with Crippen molar-refractivity contribution in [3.05, 3.63) is 53.6 Å². The third kappa shape index (κ3) is 4.93. The molecule has 3 heterocycles. The molecule has 0 fully saturated rings. The van der Waals surface area contributed by atoms with Crippen LogP contribution < -0.4 is 19.9 Å². The van der Waals surface area contributed by atoms with E-state index in [1.54, 1.807) is 23.0 Å². The molecule has 4 aromatic rings. The molecule has 0 aliphatic carbocycles. The van der Waals surface area contributed by atoms with Crippen LogP contribution in [0.15, 0.2) is 46.2 Å². The number of nitrogens with one attached hydrogen (secondary N) is 1. The normalized spacial score (nSPS) is 11.3. The van der Waals surface area contributed by atoms with E-state index < -0.39 is 10.0 Å². The SMILES string of the molecule is CCc1cc(S(=O)(=O)Nc2noc3cc(Cn4cc(CN)cn4)cc(OC)c23)c(OC)cn1.Cl. The Balaban J connectivity index is 0.00000324. The van der Waals surface area contributed by atoms with Crippen molar-refractivity contribution in [2.75, 3.05) is 18.9 Å². The van der Waals surface area contributed by atoms with E-state index in [1.807, 2.05) is 13.1 Å². The number of sulfonamides is 1. The summed E-state index contributed by atoms with van der Waals surface area (Å²) in [5.41, 5.74) is 8.37. The standard InChI is InChI=1S/C21H24N6O5S.ClH/c1-4-15-7-19(18(31-3)10-23-15)33(28,29)26-21-20-16(30-2)5-13(6-17(20)32-25-21)11-27-12-14(8-22)9-24-27;/h5-7,9-10,12H,4,8,11,22H2,1-3H3,(H,25,26);1H. The molecule has 0 unspecified atom stereocenters. The second-order valence-corrected chi connectivity index (χ2v) is 8.89. The van der Waals surface area contributed by atoms with Gasteiger partial charge in [0.2, 0.25) is 0 Å². The molecule has 0 radical (unpaired) electrons. The number of nitrogens with zero attached hydrogens (tertiary/aromatic N) is 4. The Hall–Kier alpha value is -3.35. The summed E-state index contributed by atoms with van der Waals surface area (Å²) in [5, 5.41) is 8.61. The van der Waals surface area contributed by atoms with Gasteiger partial charge in [-0.25, -0.2) is 8.42 Å². The number of aromatic nitrogens is 4. The number of hydrogen-bond donors (Lipinski definition) is 2. The van der Waals surface area contributed by atoms with Crippen LogP contribution >= 0.6 is 12.4 Å². The van der Waals surface area contributed by atoms with Crippen molar-refractivity contribution >= 4 is 39.2 Å².